The number of carbonyl (C=O) groups excluding carboxylic acids is 1. The molecular weight excluding hydrogens is 641 g/mol. The van der Waals surface area contributed by atoms with Crippen LogP contribution >= 0.6 is 11.9 Å². The van der Waals surface area contributed by atoms with Crippen LogP contribution in [-0.2, 0) is 26.6 Å². The Morgan fingerprint density at radius 3 is 2.34 bits per heavy atom. The molecule has 2 amide bonds. The minimum Gasteiger partial charge on any atom is -0.497 e. The van der Waals surface area contributed by atoms with E-state index in [9.17, 15) is 4.79 Å². The molecule has 2 aromatic heterocycles. The molecule has 0 aliphatic carbocycles. The summed E-state index contributed by atoms with van der Waals surface area (Å²) in [4.78, 5) is 23.7. The van der Waals surface area contributed by atoms with E-state index in [1.807, 2.05) is 48.5 Å². The average Bonchev–Trinajstić information content (AvgIpc) is 3.67. The van der Waals surface area contributed by atoms with Crippen molar-refractivity contribution in [2.75, 3.05) is 7.11 Å². The van der Waals surface area contributed by atoms with Crippen LogP contribution in [0.2, 0.25) is 0 Å². The molecule has 5 aromatic carbocycles. The number of urea groups is 1. The Bertz CT molecular complexity index is 2290. The Morgan fingerprint density at radius 2 is 1.58 bits per heavy atom. The fourth-order valence-corrected chi connectivity index (χ4v) is 7.11. The molecule has 0 radical (unpaired) electrons. The molecule has 0 unspecified atom stereocenters. The van der Waals surface area contributed by atoms with Crippen molar-refractivity contribution in [1.29, 1.82) is 0 Å². The van der Waals surface area contributed by atoms with Crippen LogP contribution in [0.15, 0.2) is 114 Å². The number of rotatable bonds is 11. The van der Waals surface area contributed by atoms with Crippen molar-refractivity contribution in [3.05, 3.63) is 132 Å². The molecule has 0 aliphatic rings. The fraction of sp³-hybridized carbons (Fsp3) is 0.195. The van der Waals surface area contributed by atoms with E-state index >= 15 is 0 Å². The van der Waals surface area contributed by atoms with Crippen molar-refractivity contribution in [1.82, 2.24) is 29.1 Å². The van der Waals surface area contributed by atoms with E-state index < -0.39 is 0 Å². The highest BCUT2D eigenvalue weighted by atomic mass is 32.2. The first-order valence-corrected chi connectivity index (χ1v) is 17.7. The number of amides is 2. The lowest BCUT2D eigenvalue weighted by Gasteiger charge is -2.13. The zero-order chi connectivity index (χ0) is 34.6. The topological polar surface area (TPSA) is 86.0 Å². The van der Waals surface area contributed by atoms with E-state index in [4.69, 9.17) is 14.7 Å². The summed E-state index contributed by atoms with van der Waals surface area (Å²) < 4.78 is 12.7. The minimum absolute atomic E-state index is 0.249. The van der Waals surface area contributed by atoms with Crippen molar-refractivity contribution in [2.24, 2.45) is 7.05 Å². The summed E-state index contributed by atoms with van der Waals surface area (Å²) in [7, 11) is 3.72. The normalized spacial score (nSPS) is 11.3. The predicted octanol–water partition coefficient (Wildman–Crippen LogP) is 9.08. The van der Waals surface area contributed by atoms with Crippen molar-refractivity contribution in [2.45, 2.75) is 44.7 Å². The zero-order valence-electron chi connectivity index (χ0n) is 28.7. The number of ether oxygens (including phenoxy) is 1. The lowest BCUT2D eigenvalue weighted by molar-refractivity contribution is 0.246. The molecule has 0 saturated carbocycles. The SMILES string of the molecule is CCCc1nc2c(C)cc(-c3nc4ccccc4n3C)cc2n1Cc1ccc(-c2ccccc2SNC(=O)NCc2ccc(OC)cc2)cc1. The fourth-order valence-electron chi connectivity index (χ4n) is 6.39. The molecule has 0 spiro atoms. The van der Waals surface area contributed by atoms with Gasteiger partial charge in [0.25, 0.3) is 0 Å². The summed E-state index contributed by atoms with van der Waals surface area (Å²) >= 11 is 1.31. The zero-order valence-corrected chi connectivity index (χ0v) is 29.6. The van der Waals surface area contributed by atoms with Crippen LogP contribution < -0.4 is 14.8 Å². The number of hydrogen-bond donors (Lipinski definition) is 2. The number of nitrogens with one attached hydrogen (secondary N) is 2. The Balaban J connectivity index is 1.10. The van der Waals surface area contributed by atoms with Gasteiger partial charge in [-0.2, -0.15) is 0 Å². The monoisotopic (exact) mass is 680 g/mol. The first-order chi connectivity index (χ1) is 24.4. The van der Waals surface area contributed by atoms with Crippen LogP contribution in [0.3, 0.4) is 0 Å². The van der Waals surface area contributed by atoms with Gasteiger partial charge in [0.05, 0.1) is 29.2 Å². The van der Waals surface area contributed by atoms with Gasteiger partial charge >= 0.3 is 6.03 Å². The van der Waals surface area contributed by atoms with Crippen molar-refractivity contribution in [3.63, 3.8) is 0 Å². The number of carbonyl (C=O) groups is 1. The molecule has 0 saturated heterocycles. The van der Waals surface area contributed by atoms with Crippen molar-refractivity contribution >= 4 is 40.0 Å². The first kappa shape index (κ1) is 33.0. The number of para-hydroxylation sites is 2. The van der Waals surface area contributed by atoms with Gasteiger partial charge in [-0.1, -0.05) is 73.7 Å². The number of fused-ring (bicyclic) bond motifs is 2. The average molecular weight is 681 g/mol. The number of aryl methyl sites for hydroxylation is 3. The Hall–Kier alpha value is -5.54. The van der Waals surface area contributed by atoms with Crippen LogP contribution in [0.1, 0.15) is 35.9 Å². The third kappa shape index (κ3) is 6.82. The van der Waals surface area contributed by atoms with Crippen LogP contribution in [0.4, 0.5) is 4.79 Å². The summed E-state index contributed by atoms with van der Waals surface area (Å²) in [5.41, 5.74) is 10.8. The first-order valence-electron chi connectivity index (χ1n) is 16.9. The maximum Gasteiger partial charge on any atom is 0.325 e. The van der Waals surface area contributed by atoms with E-state index in [1.165, 1.54) is 17.5 Å². The molecule has 0 bridgehead atoms. The molecule has 8 nitrogen and oxygen atoms in total. The highest BCUT2D eigenvalue weighted by molar-refractivity contribution is 7.98. The van der Waals surface area contributed by atoms with Gasteiger partial charge in [-0.25, -0.2) is 14.8 Å². The number of benzene rings is 5. The summed E-state index contributed by atoms with van der Waals surface area (Å²) in [6.07, 6.45) is 1.92. The smallest absolute Gasteiger partial charge is 0.325 e. The van der Waals surface area contributed by atoms with Crippen LogP contribution in [0.25, 0.3) is 44.6 Å². The van der Waals surface area contributed by atoms with Crippen LogP contribution in [-0.4, -0.2) is 32.2 Å². The van der Waals surface area contributed by atoms with Gasteiger partial charge in [-0.05, 0) is 95.6 Å². The Labute approximate surface area is 296 Å². The molecule has 50 heavy (non-hydrogen) atoms. The van der Waals surface area contributed by atoms with Gasteiger partial charge in [0.2, 0.25) is 0 Å². The molecule has 9 heteroatoms. The molecule has 0 atom stereocenters. The maximum absolute atomic E-state index is 12.6. The van der Waals surface area contributed by atoms with Gasteiger partial charge in [0, 0.05) is 37.0 Å². The summed E-state index contributed by atoms with van der Waals surface area (Å²) in [6.45, 7) is 5.48. The molecule has 0 fully saturated rings. The highest BCUT2D eigenvalue weighted by Crippen LogP contribution is 2.32. The third-order valence-electron chi connectivity index (χ3n) is 9.00. The molecule has 7 aromatic rings. The van der Waals surface area contributed by atoms with E-state index in [1.54, 1.807) is 7.11 Å². The van der Waals surface area contributed by atoms with Gasteiger partial charge in [0.15, 0.2) is 0 Å². The molecule has 2 heterocycles. The minimum atomic E-state index is -0.249. The number of methoxy groups -OCH3 is 1. The predicted molar refractivity (Wildman–Crippen MR) is 203 cm³/mol. The number of nitrogens with zero attached hydrogens (tertiary/aromatic N) is 4. The maximum atomic E-state index is 12.6. The lowest BCUT2D eigenvalue weighted by atomic mass is 10.0. The second-order valence-corrected chi connectivity index (χ2v) is 13.3. The molecule has 7 rings (SSSR count). The second-order valence-electron chi connectivity index (χ2n) is 12.4. The standard InChI is InChI=1S/C41H40N6O2S/c1-5-10-38-44-39-27(2)23-31(40-43-34-12-7-8-13-35(34)46(40)3)24-36(39)47(38)26-29-15-19-30(20-16-29)33-11-6-9-14-37(33)50-45-41(48)42-25-28-17-21-32(49-4)22-18-28/h6-9,11-24H,5,10,25-26H2,1-4H3,(H2,42,45,48). The van der Waals surface area contributed by atoms with Crippen LogP contribution in [0, 0.1) is 6.92 Å². The quantitative estimate of drug-likeness (QED) is 0.133. The second kappa shape index (κ2) is 14.5. The number of hydrogen-bond acceptors (Lipinski definition) is 5. The largest absolute Gasteiger partial charge is 0.497 e. The third-order valence-corrected chi connectivity index (χ3v) is 9.86. The number of imidazole rings is 2. The number of aromatic nitrogens is 4. The lowest BCUT2D eigenvalue weighted by Crippen LogP contribution is -2.30. The summed E-state index contributed by atoms with van der Waals surface area (Å²) in [5, 5.41) is 2.92. The Kier molecular flexibility index (Phi) is 9.58. The van der Waals surface area contributed by atoms with Gasteiger partial charge < -0.3 is 19.2 Å². The highest BCUT2D eigenvalue weighted by Gasteiger charge is 2.17. The van der Waals surface area contributed by atoms with Gasteiger partial charge in [0.1, 0.15) is 17.4 Å². The molecule has 2 N–H and O–H groups in total. The molecular formula is C41H40N6O2S. The molecule has 252 valence electrons. The molecule has 0 aliphatic heterocycles. The van der Waals surface area contributed by atoms with Gasteiger partial charge in [-0.3, -0.25) is 4.72 Å². The van der Waals surface area contributed by atoms with E-state index in [2.05, 4.69) is 101 Å². The van der Waals surface area contributed by atoms with Crippen molar-refractivity contribution in [3.8, 4) is 28.3 Å². The van der Waals surface area contributed by atoms with E-state index in [-0.39, 0.29) is 6.03 Å². The van der Waals surface area contributed by atoms with Crippen LogP contribution in [0.5, 0.6) is 5.75 Å². The van der Waals surface area contributed by atoms with E-state index in [0.717, 1.165) is 85.0 Å². The van der Waals surface area contributed by atoms with Crippen molar-refractivity contribution < 1.29 is 9.53 Å². The Morgan fingerprint density at radius 1 is 0.840 bits per heavy atom. The summed E-state index contributed by atoms with van der Waals surface area (Å²) in [5.74, 6) is 2.83. The van der Waals surface area contributed by atoms with Gasteiger partial charge in [-0.15, -0.1) is 0 Å². The van der Waals surface area contributed by atoms with E-state index in [0.29, 0.717) is 13.1 Å². The summed E-state index contributed by atoms with van der Waals surface area (Å²) in [6, 6.07) is 36.9.